The van der Waals surface area contributed by atoms with Crippen LogP contribution in [0.4, 0.5) is 0 Å². The smallest absolute Gasteiger partial charge is 0.254 e. The number of fused-ring (bicyclic) bond motifs is 1. The topological polar surface area (TPSA) is 101 Å². The number of hydrogen-bond acceptors (Lipinski definition) is 5. The molecule has 8 heteroatoms. The predicted octanol–water partition coefficient (Wildman–Crippen LogP) is 1.55. The van der Waals surface area contributed by atoms with Gasteiger partial charge in [-0.3, -0.25) is 14.6 Å². The Morgan fingerprint density at radius 3 is 2.79 bits per heavy atom. The van der Waals surface area contributed by atoms with E-state index in [4.69, 9.17) is 17.3 Å². The molecule has 1 fully saturated rings. The number of hydrazone groups is 1. The summed E-state index contributed by atoms with van der Waals surface area (Å²) in [7, 11) is 0. The Morgan fingerprint density at radius 1 is 1.28 bits per heavy atom. The minimum Gasteiger partial charge on any atom is -0.339 e. The summed E-state index contributed by atoms with van der Waals surface area (Å²) in [6.07, 6.45) is 3.04. The summed E-state index contributed by atoms with van der Waals surface area (Å²) in [6, 6.07) is 12.2. The Balaban J connectivity index is 1.51. The highest BCUT2D eigenvalue weighted by Crippen LogP contribution is 2.35. The van der Waals surface area contributed by atoms with E-state index in [9.17, 15) is 9.59 Å². The zero-order valence-electron chi connectivity index (χ0n) is 15.8. The van der Waals surface area contributed by atoms with Crippen LogP contribution in [0.5, 0.6) is 0 Å². The van der Waals surface area contributed by atoms with E-state index in [1.165, 1.54) is 0 Å². The molecular formula is C21H22ClN5O2. The van der Waals surface area contributed by atoms with Crippen molar-refractivity contribution in [1.82, 2.24) is 15.3 Å². The summed E-state index contributed by atoms with van der Waals surface area (Å²) in [4.78, 5) is 31.9. The van der Waals surface area contributed by atoms with Crippen molar-refractivity contribution in [2.24, 2.45) is 16.3 Å². The zero-order valence-corrected chi connectivity index (χ0v) is 16.6. The van der Waals surface area contributed by atoms with E-state index in [0.717, 1.165) is 17.0 Å². The molecule has 0 spiro atoms. The highest BCUT2D eigenvalue weighted by molar-refractivity contribution is 6.30. The van der Waals surface area contributed by atoms with E-state index in [-0.39, 0.29) is 18.4 Å². The SMILES string of the molecule is N[C@H](Cc1ccc(Cl)cc1)C(=O)N1CCC2=NNC(=O)C2(Cc2ccccn2)C1. The Hall–Kier alpha value is -2.77. The third-order valence-corrected chi connectivity index (χ3v) is 5.82. The molecule has 2 aromatic rings. The van der Waals surface area contributed by atoms with Crippen molar-refractivity contribution in [2.75, 3.05) is 13.1 Å². The van der Waals surface area contributed by atoms with Crippen LogP contribution in [0, 0.1) is 5.41 Å². The first-order valence-electron chi connectivity index (χ1n) is 9.54. The van der Waals surface area contributed by atoms with Gasteiger partial charge in [0.1, 0.15) is 5.41 Å². The first kappa shape index (κ1) is 19.5. The predicted molar refractivity (Wildman–Crippen MR) is 110 cm³/mol. The largest absolute Gasteiger partial charge is 0.339 e. The molecule has 1 aromatic heterocycles. The number of pyridine rings is 1. The van der Waals surface area contributed by atoms with E-state index in [2.05, 4.69) is 15.5 Å². The number of halogens is 1. The molecule has 0 saturated carbocycles. The first-order chi connectivity index (χ1) is 14.0. The molecule has 0 bridgehead atoms. The number of rotatable bonds is 5. The minimum absolute atomic E-state index is 0.168. The molecule has 0 radical (unpaired) electrons. The van der Waals surface area contributed by atoms with Crippen LogP contribution in [-0.2, 0) is 22.4 Å². The second-order valence-corrected chi connectivity index (χ2v) is 7.96. The van der Waals surface area contributed by atoms with Crippen LogP contribution in [0.3, 0.4) is 0 Å². The summed E-state index contributed by atoms with van der Waals surface area (Å²) >= 11 is 5.92. The number of aromatic nitrogens is 1. The molecule has 1 aromatic carbocycles. The van der Waals surface area contributed by atoms with Crippen LogP contribution in [0.25, 0.3) is 0 Å². The standard InChI is InChI=1S/C21H22ClN5O2/c22-15-6-4-14(5-7-15)11-17(23)19(28)27-10-8-18-21(13-27,20(29)26-25-18)12-16-3-1-2-9-24-16/h1-7,9,17H,8,10-13,23H2,(H,26,29)/t17-,21?/m1/s1. The van der Waals surface area contributed by atoms with Gasteiger partial charge in [0, 0.05) is 42.8 Å². The van der Waals surface area contributed by atoms with E-state index in [1.807, 2.05) is 30.3 Å². The third kappa shape index (κ3) is 3.88. The molecular weight excluding hydrogens is 390 g/mol. The van der Waals surface area contributed by atoms with Crippen molar-refractivity contribution in [1.29, 1.82) is 0 Å². The van der Waals surface area contributed by atoms with Crippen LogP contribution in [0.15, 0.2) is 53.8 Å². The third-order valence-electron chi connectivity index (χ3n) is 5.57. The molecule has 2 aliphatic heterocycles. The van der Waals surface area contributed by atoms with E-state index in [1.54, 1.807) is 23.2 Å². The normalized spacial score (nSPS) is 21.9. The Bertz CT molecular complexity index is 947. The quantitative estimate of drug-likeness (QED) is 0.779. The van der Waals surface area contributed by atoms with Crippen molar-refractivity contribution >= 4 is 29.1 Å². The van der Waals surface area contributed by atoms with Gasteiger partial charge in [0.2, 0.25) is 5.91 Å². The van der Waals surface area contributed by atoms with Gasteiger partial charge in [-0.05, 0) is 36.2 Å². The summed E-state index contributed by atoms with van der Waals surface area (Å²) in [5, 5.41) is 4.87. The lowest BCUT2D eigenvalue weighted by atomic mass is 9.74. The van der Waals surface area contributed by atoms with Crippen LogP contribution >= 0.6 is 11.6 Å². The monoisotopic (exact) mass is 411 g/mol. The second-order valence-electron chi connectivity index (χ2n) is 7.53. The van der Waals surface area contributed by atoms with Crippen LogP contribution in [0.1, 0.15) is 17.7 Å². The molecule has 3 heterocycles. The van der Waals surface area contributed by atoms with E-state index < -0.39 is 11.5 Å². The number of carbonyl (C=O) groups excluding carboxylic acids is 2. The fraction of sp³-hybridized carbons (Fsp3) is 0.333. The van der Waals surface area contributed by atoms with Crippen LogP contribution in [-0.4, -0.2) is 46.5 Å². The number of carbonyl (C=O) groups is 2. The fourth-order valence-electron chi connectivity index (χ4n) is 4.00. The molecule has 1 saturated heterocycles. The average Bonchev–Trinajstić information content (AvgIpc) is 3.05. The fourth-order valence-corrected chi connectivity index (χ4v) is 4.13. The Kier molecular flexibility index (Phi) is 5.34. The molecule has 3 N–H and O–H groups in total. The van der Waals surface area contributed by atoms with E-state index >= 15 is 0 Å². The molecule has 150 valence electrons. The van der Waals surface area contributed by atoms with Crippen molar-refractivity contribution < 1.29 is 9.59 Å². The summed E-state index contributed by atoms with van der Waals surface area (Å²) in [6.45, 7) is 0.742. The molecule has 7 nitrogen and oxygen atoms in total. The molecule has 29 heavy (non-hydrogen) atoms. The molecule has 0 aliphatic carbocycles. The molecule has 2 aliphatic rings. The van der Waals surface area contributed by atoms with Gasteiger partial charge in [0.15, 0.2) is 0 Å². The van der Waals surface area contributed by atoms with Crippen molar-refractivity contribution in [2.45, 2.75) is 25.3 Å². The molecule has 2 atom stereocenters. The number of likely N-dealkylation sites (tertiary alicyclic amines) is 1. The van der Waals surface area contributed by atoms with Crippen LogP contribution in [0.2, 0.25) is 5.02 Å². The van der Waals surface area contributed by atoms with Gasteiger partial charge >= 0.3 is 0 Å². The molecule has 1 unspecified atom stereocenters. The van der Waals surface area contributed by atoms with Gasteiger partial charge in [-0.2, -0.15) is 5.10 Å². The van der Waals surface area contributed by atoms with Crippen molar-refractivity contribution in [3.8, 4) is 0 Å². The first-order valence-corrected chi connectivity index (χ1v) is 9.92. The number of nitrogens with one attached hydrogen (secondary N) is 1. The Labute approximate surface area is 173 Å². The van der Waals surface area contributed by atoms with Gasteiger partial charge < -0.3 is 10.6 Å². The number of hydrogen-bond donors (Lipinski definition) is 2. The highest BCUT2D eigenvalue weighted by atomic mass is 35.5. The van der Waals surface area contributed by atoms with Gasteiger partial charge in [-0.25, -0.2) is 5.43 Å². The number of benzene rings is 1. The van der Waals surface area contributed by atoms with Gasteiger partial charge in [-0.15, -0.1) is 0 Å². The summed E-state index contributed by atoms with van der Waals surface area (Å²) < 4.78 is 0. The highest BCUT2D eigenvalue weighted by Gasteiger charge is 2.52. The number of piperidine rings is 1. The van der Waals surface area contributed by atoms with Gasteiger partial charge in [0.05, 0.1) is 11.8 Å². The van der Waals surface area contributed by atoms with Gasteiger partial charge in [-0.1, -0.05) is 29.8 Å². The van der Waals surface area contributed by atoms with Crippen LogP contribution < -0.4 is 11.2 Å². The second kappa shape index (κ2) is 7.93. The Morgan fingerprint density at radius 2 is 2.07 bits per heavy atom. The molecule has 4 rings (SSSR count). The average molecular weight is 412 g/mol. The molecule has 2 amide bonds. The summed E-state index contributed by atoms with van der Waals surface area (Å²) in [5.74, 6) is -0.360. The summed E-state index contributed by atoms with van der Waals surface area (Å²) in [5.41, 5.74) is 10.4. The maximum Gasteiger partial charge on any atom is 0.254 e. The number of nitrogens with two attached hydrogens (primary N) is 1. The minimum atomic E-state index is -0.887. The lowest BCUT2D eigenvalue weighted by molar-refractivity contribution is -0.136. The zero-order chi connectivity index (χ0) is 20.4. The lowest BCUT2D eigenvalue weighted by Crippen LogP contribution is -2.58. The van der Waals surface area contributed by atoms with Crippen molar-refractivity contribution in [3.63, 3.8) is 0 Å². The lowest BCUT2D eigenvalue weighted by Gasteiger charge is -2.39. The number of amides is 2. The maximum atomic E-state index is 13.0. The van der Waals surface area contributed by atoms with Gasteiger partial charge in [0.25, 0.3) is 5.91 Å². The number of nitrogens with zero attached hydrogens (tertiary/aromatic N) is 3. The van der Waals surface area contributed by atoms with Crippen molar-refractivity contribution in [3.05, 3.63) is 64.9 Å². The van der Waals surface area contributed by atoms with E-state index in [0.29, 0.717) is 30.8 Å². The maximum absolute atomic E-state index is 13.0.